The van der Waals surface area contributed by atoms with Gasteiger partial charge in [-0.2, -0.15) is 0 Å². The van der Waals surface area contributed by atoms with Crippen molar-refractivity contribution in [3.8, 4) is 0 Å². The lowest BCUT2D eigenvalue weighted by Crippen LogP contribution is -2.25. The summed E-state index contributed by atoms with van der Waals surface area (Å²) in [5.41, 5.74) is -0.616. The van der Waals surface area contributed by atoms with Gasteiger partial charge in [-0.15, -0.1) is 0 Å². The molecule has 6 heteroatoms. The van der Waals surface area contributed by atoms with Crippen LogP contribution in [-0.2, 0) is 14.6 Å². The Bertz CT molecular complexity index is 570. The van der Waals surface area contributed by atoms with Gasteiger partial charge in [0.15, 0.2) is 9.84 Å². The molecule has 1 rings (SSSR count). The van der Waals surface area contributed by atoms with E-state index in [1.165, 1.54) is 12.1 Å². The maximum Gasteiger partial charge on any atom is 0.339 e. The minimum atomic E-state index is -3.49. The number of sulfone groups is 1. The molecular formula is C12H15BrO4S. The highest BCUT2D eigenvalue weighted by Gasteiger charge is 2.24. The largest absolute Gasteiger partial charge is 0.456 e. The van der Waals surface area contributed by atoms with Gasteiger partial charge in [-0.25, -0.2) is 13.2 Å². The lowest BCUT2D eigenvalue weighted by atomic mass is 10.1. The van der Waals surface area contributed by atoms with E-state index < -0.39 is 21.4 Å². The summed E-state index contributed by atoms with van der Waals surface area (Å²) in [5, 5.41) is 0. The number of ether oxygens (including phenoxy) is 1. The number of carbonyl (C=O) groups is 1. The molecule has 0 saturated heterocycles. The summed E-state index contributed by atoms with van der Waals surface area (Å²) < 4.78 is 29.1. The monoisotopic (exact) mass is 334 g/mol. The summed E-state index contributed by atoms with van der Waals surface area (Å²) in [6, 6.07) is 4.44. The third-order valence-corrected chi connectivity index (χ3v) is 3.59. The van der Waals surface area contributed by atoms with Crippen LogP contribution in [0.2, 0.25) is 0 Å². The van der Waals surface area contributed by atoms with Crippen molar-refractivity contribution in [2.75, 3.05) is 6.26 Å². The smallest absolute Gasteiger partial charge is 0.339 e. The minimum absolute atomic E-state index is 0.0360. The normalized spacial score (nSPS) is 12.3. The van der Waals surface area contributed by atoms with Gasteiger partial charge in [-0.05, 0) is 39.0 Å². The van der Waals surface area contributed by atoms with E-state index >= 15 is 0 Å². The molecule has 100 valence electrons. The van der Waals surface area contributed by atoms with Gasteiger partial charge in [0.2, 0.25) is 0 Å². The Labute approximate surface area is 115 Å². The molecule has 0 amide bonds. The average Bonchev–Trinajstić information content (AvgIpc) is 2.13. The summed E-state index contributed by atoms with van der Waals surface area (Å²) >= 11 is 3.18. The highest BCUT2D eigenvalue weighted by Crippen LogP contribution is 2.23. The van der Waals surface area contributed by atoms with Crippen molar-refractivity contribution < 1.29 is 17.9 Å². The molecule has 0 unspecified atom stereocenters. The second-order valence-corrected chi connectivity index (χ2v) is 7.81. The fourth-order valence-electron chi connectivity index (χ4n) is 1.30. The zero-order valence-corrected chi connectivity index (χ0v) is 13.1. The lowest BCUT2D eigenvalue weighted by Gasteiger charge is -2.20. The van der Waals surface area contributed by atoms with E-state index in [1.54, 1.807) is 26.8 Å². The van der Waals surface area contributed by atoms with Gasteiger partial charge in [0.1, 0.15) is 5.60 Å². The second kappa shape index (κ2) is 5.01. The van der Waals surface area contributed by atoms with E-state index in [-0.39, 0.29) is 10.5 Å². The van der Waals surface area contributed by atoms with E-state index in [1.807, 2.05) is 0 Å². The van der Waals surface area contributed by atoms with Gasteiger partial charge in [-0.1, -0.05) is 15.9 Å². The Morgan fingerprint density at radius 3 is 2.28 bits per heavy atom. The SMILES string of the molecule is CC(C)(C)OC(=O)c1ccc(Br)cc1S(C)(=O)=O. The van der Waals surface area contributed by atoms with Crippen LogP contribution in [0, 0.1) is 0 Å². The van der Waals surface area contributed by atoms with Crippen molar-refractivity contribution in [2.45, 2.75) is 31.3 Å². The van der Waals surface area contributed by atoms with Gasteiger partial charge in [0.05, 0.1) is 10.5 Å². The molecule has 0 saturated carbocycles. The molecule has 0 aliphatic rings. The van der Waals surface area contributed by atoms with E-state index in [0.717, 1.165) is 6.26 Å². The third kappa shape index (κ3) is 4.10. The van der Waals surface area contributed by atoms with Crippen molar-refractivity contribution in [3.05, 3.63) is 28.2 Å². The summed E-state index contributed by atoms with van der Waals surface area (Å²) in [6.07, 6.45) is 1.06. The number of hydrogen-bond acceptors (Lipinski definition) is 4. The number of esters is 1. The molecule has 0 atom stereocenters. The molecule has 18 heavy (non-hydrogen) atoms. The Morgan fingerprint density at radius 1 is 1.28 bits per heavy atom. The zero-order chi connectivity index (χ0) is 14.1. The minimum Gasteiger partial charge on any atom is -0.456 e. The van der Waals surface area contributed by atoms with Crippen LogP contribution in [-0.4, -0.2) is 26.2 Å². The molecule has 0 spiro atoms. The van der Waals surface area contributed by atoms with Crippen molar-refractivity contribution in [1.29, 1.82) is 0 Å². The first-order valence-corrected chi connectivity index (χ1v) is 7.92. The van der Waals surface area contributed by atoms with Gasteiger partial charge >= 0.3 is 5.97 Å². The molecule has 0 heterocycles. The molecule has 0 radical (unpaired) electrons. The molecule has 0 aliphatic heterocycles. The lowest BCUT2D eigenvalue weighted by molar-refractivity contribution is 0.00651. The predicted octanol–water partition coefficient (Wildman–Crippen LogP) is 2.81. The van der Waals surface area contributed by atoms with Gasteiger partial charge < -0.3 is 4.74 Å². The van der Waals surface area contributed by atoms with E-state index in [4.69, 9.17) is 4.74 Å². The number of carbonyl (C=O) groups excluding carboxylic acids is 1. The first-order valence-electron chi connectivity index (χ1n) is 5.24. The molecule has 0 aromatic heterocycles. The Hall–Kier alpha value is -0.880. The maximum atomic E-state index is 11.9. The van der Waals surface area contributed by atoms with Crippen molar-refractivity contribution >= 4 is 31.7 Å². The number of halogens is 1. The van der Waals surface area contributed by atoms with Crippen LogP contribution in [0.1, 0.15) is 31.1 Å². The van der Waals surface area contributed by atoms with E-state index in [2.05, 4.69) is 15.9 Å². The van der Waals surface area contributed by atoms with Gasteiger partial charge in [0.25, 0.3) is 0 Å². The molecule has 0 aliphatic carbocycles. The molecule has 0 N–H and O–H groups in total. The Morgan fingerprint density at radius 2 is 1.83 bits per heavy atom. The number of rotatable bonds is 2. The highest BCUT2D eigenvalue weighted by molar-refractivity contribution is 9.10. The third-order valence-electron chi connectivity index (χ3n) is 1.96. The van der Waals surface area contributed by atoms with Crippen molar-refractivity contribution in [2.24, 2.45) is 0 Å². The predicted molar refractivity (Wildman–Crippen MR) is 72.4 cm³/mol. The fourth-order valence-corrected chi connectivity index (χ4v) is 2.71. The first kappa shape index (κ1) is 15.2. The van der Waals surface area contributed by atoms with E-state index in [9.17, 15) is 13.2 Å². The topological polar surface area (TPSA) is 60.4 Å². The van der Waals surface area contributed by atoms with Crippen LogP contribution < -0.4 is 0 Å². The van der Waals surface area contributed by atoms with Crippen LogP contribution in [0.15, 0.2) is 27.6 Å². The number of benzene rings is 1. The molecule has 1 aromatic carbocycles. The summed E-state index contributed by atoms with van der Waals surface area (Å²) in [5.74, 6) is -0.643. The second-order valence-electron chi connectivity index (χ2n) is 4.91. The summed E-state index contributed by atoms with van der Waals surface area (Å²) in [4.78, 5) is 11.9. The Balaban J connectivity index is 3.30. The molecular weight excluding hydrogens is 320 g/mol. The summed E-state index contributed by atoms with van der Waals surface area (Å²) in [7, 11) is -3.49. The van der Waals surface area contributed by atoms with Crippen molar-refractivity contribution in [3.63, 3.8) is 0 Å². The fraction of sp³-hybridized carbons (Fsp3) is 0.417. The molecule has 0 fully saturated rings. The average molecular weight is 335 g/mol. The number of hydrogen-bond donors (Lipinski definition) is 0. The van der Waals surface area contributed by atoms with Crippen LogP contribution in [0.3, 0.4) is 0 Å². The highest BCUT2D eigenvalue weighted by atomic mass is 79.9. The van der Waals surface area contributed by atoms with Crippen LogP contribution >= 0.6 is 15.9 Å². The maximum absolute atomic E-state index is 11.9. The van der Waals surface area contributed by atoms with Gasteiger partial charge in [0, 0.05) is 10.7 Å². The Kier molecular flexibility index (Phi) is 4.23. The standard InChI is InChI=1S/C12H15BrO4S/c1-12(2,3)17-11(14)9-6-5-8(13)7-10(9)18(4,15)16/h5-7H,1-4H3. The van der Waals surface area contributed by atoms with Crippen LogP contribution in [0.5, 0.6) is 0 Å². The van der Waals surface area contributed by atoms with Crippen LogP contribution in [0.25, 0.3) is 0 Å². The van der Waals surface area contributed by atoms with Crippen molar-refractivity contribution in [1.82, 2.24) is 0 Å². The zero-order valence-electron chi connectivity index (χ0n) is 10.7. The molecule has 1 aromatic rings. The molecule has 0 bridgehead atoms. The first-order chi connectivity index (χ1) is 8.00. The van der Waals surface area contributed by atoms with E-state index in [0.29, 0.717) is 4.47 Å². The molecule has 4 nitrogen and oxygen atoms in total. The quantitative estimate of drug-likeness (QED) is 0.780. The van der Waals surface area contributed by atoms with Crippen LogP contribution in [0.4, 0.5) is 0 Å². The summed E-state index contributed by atoms with van der Waals surface area (Å²) in [6.45, 7) is 5.18. The van der Waals surface area contributed by atoms with Gasteiger partial charge in [-0.3, -0.25) is 0 Å².